The molecule has 198 valence electrons. The smallest absolute Gasteiger partial charge is 0.478 e. The van der Waals surface area contributed by atoms with E-state index in [1.54, 1.807) is 26.0 Å². The number of nitrogens with zero attached hydrogens (tertiary/aromatic N) is 1. The van der Waals surface area contributed by atoms with Gasteiger partial charge in [-0.05, 0) is 74.9 Å². The molecule has 1 aliphatic carbocycles. The van der Waals surface area contributed by atoms with Gasteiger partial charge in [0.25, 0.3) is 0 Å². The average Bonchev–Trinajstić information content (AvgIpc) is 3.21. The summed E-state index contributed by atoms with van der Waals surface area (Å²) in [4.78, 5) is 16.1. The molecular weight excluding hydrogens is 491 g/mol. The molecule has 10 heteroatoms. The van der Waals surface area contributed by atoms with E-state index in [2.05, 4.69) is 9.72 Å². The van der Waals surface area contributed by atoms with E-state index in [0.717, 1.165) is 19.3 Å². The van der Waals surface area contributed by atoms with Crippen LogP contribution in [-0.2, 0) is 22.7 Å². The highest BCUT2D eigenvalue weighted by Crippen LogP contribution is 2.29. The Kier molecular flexibility index (Phi) is 8.19. The summed E-state index contributed by atoms with van der Waals surface area (Å²) >= 11 is 0. The van der Waals surface area contributed by atoms with E-state index in [9.17, 15) is 23.1 Å². The Balaban J connectivity index is 1.31. The molecule has 0 spiro atoms. The van der Waals surface area contributed by atoms with Gasteiger partial charge in [-0.2, -0.15) is 0 Å². The molecule has 0 amide bonds. The van der Waals surface area contributed by atoms with Gasteiger partial charge in [0, 0.05) is 5.56 Å². The number of hydrogen-bond acceptors (Lipinski definition) is 6. The van der Waals surface area contributed by atoms with Crippen molar-refractivity contribution in [2.24, 2.45) is 0 Å². The maximum absolute atomic E-state index is 12.4. The summed E-state index contributed by atoms with van der Waals surface area (Å²) in [5, 5.41) is 9.52. The number of hydrogen-bond donors (Lipinski definition) is 1. The van der Waals surface area contributed by atoms with Gasteiger partial charge in [-0.25, -0.2) is 9.78 Å². The summed E-state index contributed by atoms with van der Waals surface area (Å²) in [5.41, 5.74) is 2.77. The standard InChI is InChI=1S/C27H28F3NO6/c1-16-5-3-6-19(24(16)26(32)33)14-34-21-7-4-8-22(13-21)35-15-23-17(2)36-25(31-23)18-9-11-20(12-10-18)37-27(28,29)30/h3,5-6,9-12,21-22H,4,7-8,13-15H2,1-2H3,(H,32,33)/t21-,22+/m1/s1. The quantitative estimate of drug-likeness (QED) is 0.341. The van der Waals surface area contributed by atoms with Crippen LogP contribution in [0.4, 0.5) is 13.2 Å². The second-order valence-corrected chi connectivity index (χ2v) is 9.04. The van der Waals surface area contributed by atoms with Crippen LogP contribution in [0.25, 0.3) is 11.5 Å². The zero-order valence-corrected chi connectivity index (χ0v) is 20.5. The van der Waals surface area contributed by atoms with Crippen LogP contribution in [-0.4, -0.2) is 34.6 Å². The first-order valence-corrected chi connectivity index (χ1v) is 12.0. The number of alkyl halides is 3. The van der Waals surface area contributed by atoms with Crippen molar-refractivity contribution in [1.82, 2.24) is 4.98 Å². The van der Waals surface area contributed by atoms with Gasteiger partial charge >= 0.3 is 12.3 Å². The summed E-state index contributed by atoms with van der Waals surface area (Å²) in [5.74, 6) is -0.435. The predicted molar refractivity (Wildman–Crippen MR) is 127 cm³/mol. The lowest BCUT2D eigenvalue weighted by Crippen LogP contribution is -2.28. The van der Waals surface area contributed by atoms with E-state index >= 15 is 0 Å². The molecule has 1 N–H and O–H groups in total. The number of aryl methyl sites for hydroxylation is 2. The molecule has 1 aliphatic rings. The minimum atomic E-state index is -4.75. The number of oxazole rings is 1. The molecule has 2 atom stereocenters. The number of aromatic nitrogens is 1. The van der Waals surface area contributed by atoms with Gasteiger partial charge in [0.15, 0.2) is 0 Å². The second kappa shape index (κ2) is 11.4. The normalized spacial score (nSPS) is 18.1. The first-order valence-electron chi connectivity index (χ1n) is 12.0. The zero-order valence-electron chi connectivity index (χ0n) is 20.5. The lowest BCUT2D eigenvalue weighted by Gasteiger charge is -2.29. The highest BCUT2D eigenvalue weighted by atomic mass is 19.4. The Hall–Kier alpha value is -3.37. The van der Waals surface area contributed by atoms with Crippen LogP contribution in [0.5, 0.6) is 5.75 Å². The number of carbonyl (C=O) groups is 1. The van der Waals surface area contributed by atoms with Crippen LogP contribution < -0.4 is 4.74 Å². The first-order chi connectivity index (χ1) is 17.6. The van der Waals surface area contributed by atoms with Gasteiger partial charge in [-0.3, -0.25) is 0 Å². The number of carboxylic acid groups (broad SMARTS) is 1. The Morgan fingerprint density at radius 1 is 1.05 bits per heavy atom. The third-order valence-corrected chi connectivity index (χ3v) is 6.31. The fraction of sp³-hybridized carbons (Fsp3) is 0.407. The van der Waals surface area contributed by atoms with Crippen LogP contribution in [0, 0.1) is 13.8 Å². The molecule has 1 saturated carbocycles. The van der Waals surface area contributed by atoms with Gasteiger partial charge < -0.3 is 23.7 Å². The molecule has 3 aromatic rings. The third kappa shape index (κ3) is 7.11. The van der Waals surface area contributed by atoms with Gasteiger partial charge in [0.2, 0.25) is 5.89 Å². The molecule has 0 unspecified atom stereocenters. The van der Waals surface area contributed by atoms with Crippen molar-refractivity contribution >= 4 is 5.97 Å². The molecule has 2 aromatic carbocycles. The maximum Gasteiger partial charge on any atom is 0.573 e. The fourth-order valence-corrected chi connectivity index (χ4v) is 4.45. The van der Waals surface area contributed by atoms with Crippen molar-refractivity contribution in [2.75, 3.05) is 0 Å². The number of benzene rings is 2. The summed E-state index contributed by atoms with van der Waals surface area (Å²) in [6, 6.07) is 10.7. The van der Waals surface area contributed by atoms with E-state index in [4.69, 9.17) is 13.9 Å². The van der Waals surface area contributed by atoms with Crippen LogP contribution in [0.2, 0.25) is 0 Å². The topological polar surface area (TPSA) is 91.0 Å². The number of ether oxygens (including phenoxy) is 3. The van der Waals surface area contributed by atoms with Crippen molar-refractivity contribution in [1.29, 1.82) is 0 Å². The Morgan fingerprint density at radius 3 is 2.38 bits per heavy atom. The summed E-state index contributed by atoms with van der Waals surface area (Å²) in [6.07, 6.45) is -1.51. The molecular formula is C27H28F3NO6. The highest BCUT2D eigenvalue weighted by Gasteiger charge is 2.31. The predicted octanol–water partition coefficient (Wildman–Crippen LogP) is 6.60. The summed E-state index contributed by atoms with van der Waals surface area (Å²) in [6.45, 7) is 3.97. The van der Waals surface area contributed by atoms with E-state index in [-0.39, 0.29) is 42.6 Å². The third-order valence-electron chi connectivity index (χ3n) is 6.31. The van der Waals surface area contributed by atoms with Crippen LogP contribution in [0.15, 0.2) is 46.9 Å². The van der Waals surface area contributed by atoms with Crippen LogP contribution in [0.1, 0.15) is 58.6 Å². The number of aromatic carboxylic acids is 1. The molecule has 1 aromatic heterocycles. The summed E-state index contributed by atoms with van der Waals surface area (Å²) in [7, 11) is 0. The molecule has 37 heavy (non-hydrogen) atoms. The largest absolute Gasteiger partial charge is 0.573 e. The highest BCUT2D eigenvalue weighted by molar-refractivity contribution is 5.91. The Morgan fingerprint density at radius 2 is 1.73 bits per heavy atom. The van der Waals surface area contributed by atoms with Crippen LogP contribution in [0.3, 0.4) is 0 Å². The summed E-state index contributed by atoms with van der Waals surface area (Å²) < 4.78 is 58.9. The van der Waals surface area contributed by atoms with E-state index in [0.29, 0.717) is 34.6 Å². The molecule has 1 heterocycles. The average molecular weight is 520 g/mol. The lowest BCUT2D eigenvalue weighted by molar-refractivity contribution is -0.274. The Bertz CT molecular complexity index is 1220. The van der Waals surface area contributed by atoms with Crippen molar-refractivity contribution < 1.29 is 41.7 Å². The fourth-order valence-electron chi connectivity index (χ4n) is 4.45. The van der Waals surface area contributed by atoms with Crippen molar-refractivity contribution in [3.05, 3.63) is 70.6 Å². The van der Waals surface area contributed by atoms with Gasteiger partial charge in [0.05, 0.1) is 31.0 Å². The SMILES string of the molecule is Cc1cccc(CO[C@@H]2CCC[C@H](OCc3nc(-c4ccc(OC(F)(F)F)cc4)oc3C)C2)c1C(=O)O. The monoisotopic (exact) mass is 519 g/mol. The molecule has 7 nitrogen and oxygen atoms in total. The minimum absolute atomic E-state index is 0.0476. The van der Waals surface area contributed by atoms with Crippen molar-refractivity contribution in [2.45, 2.75) is 71.3 Å². The van der Waals surface area contributed by atoms with E-state index in [1.165, 1.54) is 24.3 Å². The van der Waals surface area contributed by atoms with Crippen molar-refractivity contribution in [3.63, 3.8) is 0 Å². The lowest BCUT2D eigenvalue weighted by atomic mass is 9.94. The minimum Gasteiger partial charge on any atom is -0.478 e. The number of halogens is 3. The number of rotatable bonds is 9. The first kappa shape index (κ1) is 26.7. The maximum atomic E-state index is 12.4. The molecule has 0 bridgehead atoms. The van der Waals surface area contributed by atoms with Gasteiger partial charge in [-0.1, -0.05) is 18.2 Å². The second-order valence-electron chi connectivity index (χ2n) is 9.04. The van der Waals surface area contributed by atoms with Gasteiger partial charge in [-0.15, -0.1) is 13.2 Å². The molecule has 4 rings (SSSR count). The van der Waals surface area contributed by atoms with Crippen LogP contribution >= 0.6 is 0 Å². The molecule has 0 radical (unpaired) electrons. The van der Waals surface area contributed by atoms with Crippen molar-refractivity contribution in [3.8, 4) is 17.2 Å². The Labute approximate surface area is 212 Å². The molecule has 1 fully saturated rings. The van der Waals surface area contributed by atoms with E-state index in [1.807, 2.05) is 6.07 Å². The number of carboxylic acids is 1. The van der Waals surface area contributed by atoms with E-state index < -0.39 is 12.3 Å². The zero-order chi connectivity index (χ0) is 26.6. The molecule has 0 aliphatic heterocycles. The molecule has 0 saturated heterocycles. The van der Waals surface area contributed by atoms with Gasteiger partial charge in [0.1, 0.15) is 17.2 Å².